The molecule has 73 heavy (non-hydrogen) atoms. The van der Waals surface area contributed by atoms with Crippen LogP contribution < -0.4 is 25.0 Å². The summed E-state index contributed by atoms with van der Waals surface area (Å²) in [6, 6.07) is 40.8. The summed E-state index contributed by atoms with van der Waals surface area (Å²) < 4.78 is 42.4. The first-order chi connectivity index (χ1) is 35.4. The van der Waals surface area contributed by atoms with Gasteiger partial charge in [-0.05, 0) is 127 Å². The summed E-state index contributed by atoms with van der Waals surface area (Å²) in [5.74, 6) is 1.86. The summed E-state index contributed by atoms with van der Waals surface area (Å²) in [6.07, 6.45) is 15.9. The molecule has 0 saturated heterocycles. The number of carbonyl (C=O) groups excluding carboxylic acids is 1. The van der Waals surface area contributed by atoms with Crippen molar-refractivity contribution in [3.05, 3.63) is 237 Å². The highest BCUT2D eigenvalue weighted by molar-refractivity contribution is 6.31. The smallest absolute Gasteiger partial charge is 0.258 e. The lowest BCUT2D eigenvalue weighted by molar-refractivity contribution is 0.0993. The van der Waals surface area contributed by atoms with Crippen LogP contribution in [0.1, 0.15) is 39.0 Å². The maximum absolute atomic E-state index is 13.5. The van der Waals surface area contributed by atoms with E-state index in [0.29, 0.717) is 30.2 Å². The fourth-order valence-electron chi connectivity index (χ4n) is 7.50. The summed E-state index contributed by atoms with van der Waals surface area (Å²) in [5.41, 5.74) is 10.0. The van der Waals surface area contributed by atoms with Crippen LogP contribution in [0.3, 0.4) is 0 Å². The minimum atomic E-state index is -0.567. The standard InChI is InChI=1S/C28H25N3O2.C24H23ClFN3O2.C7H6ClF/c1-32-23-12-10-20(11-13-23)18-30-26-14-15-29-28-25(26)17-27(31-28)22-8-5-9-24(16-22)33-19-21-6-3-2-4-7-21;1-27-23-19(11-8-16-5-4-6-18(31-3)10-7-16)22(13-14-28-23)29(2)24(30)17-9-12-21(26)20(25)15-17;1-5-2-3-7(9)6(8)4-5/h2-17H,18-19H2,1H3,(H2,29,30,31);4,6-15H,5H2,1-3H3,(H,27,28);2-4H,1H3/b;11-8+;. The van der Waals surface area contributed by atoms with Gasteiger partial charge in [-0.15, -0.1) is 0 Å². The molecule has 3 N–H and O–H groups in total. The topological polar surface area (TPSA) is 114 Å². The number of halogens is 4. The highest BCUT2D eigenvalue weighted by Gasteiger charge is 2.19. The van der Waals surface area contributed by atoms with E-state index in [1.807, 2.05) is 98.1 Å². The average Bonchev–Trinajstić information content (AvgIpc) is 3.74. The summed E-state index contributed by atoms with van der Waals surface area (Å²) >= 11 is 11.3. The number of hydrogen-bond donors (Lipinski definition) is 3. The maximum Gasteiger partial charge on any atom is 0.258 e. The average molecular weight is 1020 g/mol. The Hall–Kier alpha value is -8.19. The third-order valence-electron chi connectivity index (χ3n) is 11.5. The van der Waals surface area contributed by atoms with Gasteiger partial charge in [0.1, 0.15) is 47.0 Å². The van der Waals surface area contributed by atoms with E-state index < -0.39 is 5.82 Å². The molecule has 14 heteroatoms. The molecule has 0 bridgehead atoms. The lowest BCUT2D eigenvalue weighted by Crippen LogP contribution is -2.27. The molecule has 9 rings (SSSR count). The molecule has 0 unspecified atom stereocenters. The highest BCUT2D eigenvalue weighted by Crippen LogP contribution is 2.32. The van der Waals surface area contributed by atoms with E-state index >= 15 is 0 Å². The zero-order valence-corrected chi connectivity index (χ0v) is 42.4. The Bertz CT molecular complexity index is 3290. The Morgan fingerprint density at radius 3 is 2.25 bits per heavy atom. The molecule has 1 aliphatic rings. The number of H-pyrrole nitrogens is 1. The molecule has 8 aromatic rings. The second-order valence-electron chi connectivity index (χ2n) is 16.5. The minimum Gasteiger partial charge on any atom is -0.497 e. The number of amides is 1. The number of rotatable bonds is 14. The molecule has 372 valence electrons. The van der Waals surface area contributed by atoms with Gasteiger partial charge in [-0.3, -0.25) is 4.79 Å². The van der Waals surface area contributed by atoms with Crippen LogP contribution in [0, 0.1) is 18.6 Å². The van der Waals surface area contributed by atoms with Crippen molar-refractivity contribution in [2.45, 2.75) is 26.5 Å². The van der Waals surface area contributed by atoms with Crippen molar-refractivity contribution < 1.29 is 27.8 Å². The quantitative estimate of drug-likeness (QED) is 0.0987. The number of nitrogens with zero attached hydrogens (tertiary/aromatic N) is 3. The summed E-state index contributed by atoms with van der Waals surface area (Å²) in [4.78, 5) is 26.8. The third-order valence-corrected chi connectivity index (χ3v) is 12.1. The maximum atomic E-state index is 13.5. The molecule has 0 spiro atoms. The lowest BCUT2D eigenvalue weighted by Gasteiger charge is -2.21. The molecule has 0 aliphatic heterocycles. The van der Waals surface area contributed by atoms with E-state index in [1.165, 1.54) is 34.7 Å². The predicted molar refractivity (Wildman–Crippen MR) is 293 cm³/mol. The number of benzene rings is 5. The van der Waals surface area contributed by atoms with Crippen LogP contribution in [-0.2, 0) is 17.9 Å². The monoisotopic (exact) mass is 1020 g/mol. The van der Waals surface area contributed by atoms with Crippen LogP contribution in [0.15, 0.2) is 188 Å². The lowest BCUT2D eigenvalue weighted by atomic mass is 10.1. The van der Waals surface area contributed by atoms with Gasteiger partial charge in [0.05, 0.1) is 30.0 Å². The Kier molecular flexibility index (Phi) is 18.6. The predicted octanol–water partition coefficient (Wildman–Crippen LogP) is 14.8. The molecular formula is C59H54Cl2F2N6O4. The second-order valence-corrected chi connectivity index (χ2v) is 17.3. The van der Waals surface area contributed by atoms with Crippen molar-refractivity contribution in [3.8, 4) is 22.8 Å². The molecule has 0 fully saturated rings. The second kappa shape index (κ2) is 25.8. The first kappa shape index (κ1) is 52.6. The van der Waals surface area contributed by atoms with Crippen LogP contribution in [-0.4, -0.2) is 49.2 Å². The zero-order valence-electron chi connectivity index (χ0n) is 40.9. The van der Waals surface area contributed by atoms with Gasteiger partial charge in [-0.1, -0.05) is 102 Å². The number of hydrogen-bond acceptors (Lipinski definition) is 8. The van der Waals surface area contributed by atoms with E-state index in [9.17, 15) is 13.6 Å². The molecule has 5 aromatic carbocycles. The Morgan fingerprint density at radius 1 is 0.781 bits per heavy atom. The Balaban J connectivity index is 0.000000183. The first-order valence-corrected chi connectivity index (χ1v) is 23.9. The number of ether oxygens (including phenoxy) is 3. The van der Waals surface area contributed by atoms with Crippen molar-refractivity contribution >= 4 is 63.4 Å². The number of aromatic amines is 1. The van der Waals surface area contributed by atoms with E-state index in [0.717, 1.165) is 73.9 Å². The van der Waals surface area contributed by atoms with E-state index in [-0.39, 0.29) is 21.8 Å². The highest BCUT2D eigenvalue weighted by atomic mass is 35.5. The van der Waals surface area contributed by atoms with Gasteiger partial charge in [-0.2, -0.15) is 0 Å². The minimum absolute atomic E-state index is 0.0955. The molecule has 10 nitrogen and oxygen atoms in total. The van der Waals surface area contributed by atoms with Gasteiger partial charge in [0.2, 0.25) is 0 Å². The summed E-state index contributed by atoms with van der Waals surface area (Å²) in [7, 11) is 6.74. The number of allylic oxidation sites excluding steroid dienone is 6. The van der Waals surface area contributed by atoms with E-state index in [4.69, 9.17) is 37.4 Å². The molecule has 0 atom stereocenters. The van der Waals surface area contributed by atoms with Crippen LogP contribution in [0.25, 0.3) is 28.4 Å². The Labute approximate surface area is 434 Å². The number of carbonyl (C=O) groups is 1. The van der Waals surface area contributed by atoms with E-state index in [2.05, 4.69) is 68.1 Å². The van der Waals surface area contributed by atoms with Crippen molar-refractivity contribution in [1.82, 2.24) is 15.0 Å². The third kappa shape index (κ3) is 14.5. The number of pyridine rings is 2. The van der Waals surface area contributed by atoms with Gasteiger partial charge in [0.25, 0.3) is 5.91 Å². The number of fused-ring (bicyclic) bond motifs is 1. The van der Waals surface area contributed by atoms with Gasteiger partial charge < -0.3 is 34.7 Å². The van der Waals surface area contributed by atoms with Crippen LogP contribution in [0.5, 0.6) is 11.5 Å². The molecule has 0 radical (unpaired) electrons. The molecule has 3 heterocycles. The molecular weight excluding hydrogens is 966 g/mol. The number of nitrogens with one attached hydrogen (secondary N) is 3. The SMILES string of the molecule is CNc1nccc(N(C)C(=O)c2ccc(F)c(Cl)c2)c1/C=C/C1=CC=C(OC)C=CC1.COc1ccc(CNc2ccnc3[nH]c(-c4cccc(OCc5ccccc5)c4)cc23)cc1.Cc1ccc(F)c(Cl)c1. The van der Waals surface area contributed by atoms with Gasteiger partial charge in [-0.25, -0.2) is 18.7 Å². The number of anilines is 3. The van der Waals surface area contributed by atoms with Gasteiger partial charge in [0.15, 0.2) is 0 Å². The van der Waals surface area contributed by atoms with Crippen LogP contribution >= 0.6 is 23.2 Å². The van der Waals surface area contributed by atoms with Crippen molar-refractivity contribution in [3.63, 3.8) is 0 Å². The number of aryl methyl sites for hydroxylation is 1. The molecule has 3 aromatic heterocycles. The van der Waals surface area contributed by atoms with E-state index in [1.54, 1.807) is 52.7 Å². The first-order valence-electron chi connectivity index (χ1n) is 23.2. The van der Waals surface area contributed by atoms with Crippen LogP contribution in [0.2, 0.25) is 10.0 Å². The fourth-order valence-corrected chi connectivity index (χ4v) is 7.91. The van der Waals surface area contributed by atoms with Crippen molar-refractivity contribution in [2.24, 2.45) is 0 Å². The summed E-state index contributed by atoms with van der Waals surface area (Å²) in [6.45, 7) is 3.12. The normalized spacial score (nSPS) is 11.8. The summed E-state index contributed by atoms with van der Waals surface area (Å²) in [5, 5.41) is 7.74. The molecule has 1 amide bonds. The van der Waals surface area contributed by atoms with Crippen LogP contribution in [0.4, 0.5) is 26.0 Å². The number of aromatic nitrogens is 3. The molecule has 0 saturated carbocycles. The Morgan fingerprint density at radius 2 is 1.53 bits per heavy atom. The molecule has 1 aliphatic carbocycles. The zero-order chi connectivity index (χ0) is 51.7. The van der Waals surface area contributed by atoms with Gasteiger partial charge >= 0.3 is 0 Å². The van der Waals surface area contributed by atoms with Crippen molar-refractivity contribution in [2.75, 3.05) is 43.8 Å². The van der Waals surface area contributed by atoms with Gasteiger partial charge in [0, 0.05) is 66.5 Å². The fraction of sp³-hybridized carbons (Fsp3) is 0.136. The largest absolute Gasteiger partial charge is 0.497 e. The van der Waals surface area contributed by atoms with Crippen molar-refractivity contribution in [1.29, 1.82) is 0 Å². The number of methoxy groups -OCH3 is 2.